The van der Waals surface area contributed by atoms with Crippen molar-refractivity contribution in [2.75, 3.05) is 25.0 Å². The molecule has 0 aliphatic carbocycles. The molecule has 1 heterocycles. The Bertz CT molecular complexity index is 586. The van der Waals surface area contributed by atoms with E-state index in [1.165, 1.54) is 11.9 Å². The molecule has 1 aromatic rings. The lowest BCUT2D eigenvalue weighted by molar-refractivity contribution is -0.143. The highest BCUT2D eigenvalue weighted by molar-refractivity contribution is 6.03. The number of nitrogens with zero attached hydrogens (tertiary/aromatic N) is 2. The molecule has 1 atom stereocenters. The number of carboxylic acid groups (broad SMARTS) is 1. The Labute approximate surface area is 121 Å². The van der Waals surface area contributed by atoms with E-state index in [2.05, 4.69) is 0 Å². The van der Waals surface area contributed by atoms with Crippen molar-refractivity contribution in [2.45, 2.75) is 13.0 Å². The molecule has 0 bridgehead atoms. The molecular formula is C14H16N2O5. The minimum Gasteiger partial charge on any atom is -0.480 e. The number of hydrogen-bond donors (Lipinski definition) is 1. The van der Waals surface area contributed by atoms with Gasteiger partial charge in [0, 0.05) is 7.05 Å². The van der Waals surface area contributed by atoms with Gasteiger partial charge >= 0.3 is 5.97 Å². The maximum atomic E-state index is 12.2. The molecule has 2 amide bonds. The number of benzene rings is 1. The second-order valence-electron chi connectivity index (χ2n) is 4.80. The summed E-state index contributed by atoms with van der Waals surface area (Å²) in [5, 5.41) is 8.70. The summed E-state index contributed by atoms with van der Waals surface area (Å²) in [6.45, 7) is 0.985. The van der Waals surface area contributed by atoms with Gasteiger partial charge in [0.15, 0.2) is 6.10 Å². The summed E-state index contributed by atoms with van der Waals surface area (Å²) in [6.07, 6.45) is -0.683. The summed E-state index contributed by atoms with van der Waals surface area (Å²) in [4.78, 5) is 37.2. The van der Waals surface area contributed by atoms with E-state index in [0.29, 0.717) is 11.4 Å². The van der Waals surface area contributed by atoms with Crippen LogP contribution in [0.2, 0.25) is 0 Å². The average molecular weight is 292 g/mol. The Morgan fingerprint density at radius 1 is 1.38 bits per heavy atom. The van der Waals surface area contributed by atoms with Crippen LogP contribution in [0.5, 0.6) is 5.75 Å². The fourth-order valence-corrected chi connectivity index (χ4v) is 2.07. The zero-order chi connectivity index (χ0) is 15.6. The normalized spacial score (nSPS) is 17.0. The number of carbonyl (C=O) groups excluding carboxylic acids is 2. The molecule has 0 saturated carbocycles. The predicted octanol–water partition coefficient (Wildman–Crippen LogP) is 0.344. The van der Waals surface area contributed by atoms with Crippen molar-refractivity contribution in [3.63, 3.8) is 0 Å². The molecule has 0 saturated heterocycles. The fraction of sp³-hybridized carbons (Fsp3) is 0.357. The summed E-state index contributed by atoms with van der Waals surface area (Å²) in [6, 6.07) is 6.92. The second kappa shape index (κ2) is 5.82. The molecule has 0 spiro atoms. The summed E-state index contributed by atoms with van der Waals surface area (Å²) in [7, 11) is 1.39. The van der Waals surface area contributed by atoms with E-state index in [-0.39, 0.29) is 12.5 Å². The monoisotopic (exact) mass is 292 g/mol. The molecule has 7 nitrogen and oxygen atoms in total. The molecule has 1 aliphatic rings. The number of aliphatic carboxylic acids is 1. The SMILES string of the molecule is CC1Oc2ccccc2N(CC(=O)N(C)CC(=O)O)C1=O. The van der Waals surface area contributed by atoms with Crippen LogP contribution in [0.3, 0.4) is 0 Å². The van der Waals surface area contributed by atoms with Gasteiger partial charge in [-0.3, -0.25) is 19.3 Å². The molecule has 1 aromatic carbocycles. The van der Waals surface area contributed by atoms with Crippen molar-refractivity contribution >= 4 is 23.5 Å². The molecule has 1 aliphatic heterocycles. The third kappa shape index (κ3) is 3.13. The Hall–Kier alpha value is -2.57. The average Bonchev–Trinajstić information content (AvgIpc) is 2.42. The first-order valence-electron chi connectivity index (χ1n) is 6.43. The van der Waals surface area contributed by atoms with E-state index >= 15 is 0 Å². The minimum absolute atomic E-state index is 0.215. The second-order valence-corrected chi connectivity index (χ2v) is 4.80. The number of hydrogen-bond acceptors (Lipinski definition) is 4. The molecule has 0 radical (unpaired) electrons. The summed E-state index contributed by atoms with van der Waals surface area (Å²) in [5.74, 6) is -1.35. The van der Waals surface area contributed by atoms with Gasteiger partial charge in [-0.15, -0.1) is 0 Å². The topological polar surface area (TPSA) is 87.2 Å². The molecule has 7 heteroatoms. The van der Waals surface area contributed by atoms with Gasteiger partial charge < -0.3 is 14.7 Å². The number of carboxylic acids is 1. The van der Waals surface area contributed by atoms with Crippen LogP contribution in [0.25, 0.3) is 0 Å². The van der Waals surface area contributed by atoms with Crippen molar-refractivity contribution in [1.82, 2.24) is 4.90 Å². The molecule has 1 unspecified atom stereocenters. The predicted molar refractivity (Wildman–Crippen MR) is 74.2 cm³/mol. The van der Waals surface area contributed by atoms with Crippen molar-refractivity contribution in [3.05, 3.63) is 24.3 Å². The molecule has 0 aromatic heterocycles. The summed E-state index contributed by atoms with van der Waals surface area (Å²) < 4.78 is 5.47. The molecule has 112 valence electrons. The first kappa shape index (κ1) is 14.8. The standard InChI is InChI=1S/C14H16N2O5/c1-9-14(20)16(7-12(17)15(2)8-13(18)19)10-5-3-4-6-11(10)21-9/h3-6,9H,7-8H2,1-2H3,(H,18,19). The smallest absolute Gasteiger partial charge is 0.323 e. The van der Waals surface area contributed by atoms with Crippen LogP contribution in [-0.2, 0) is 14.4 Å². The maximum Gasteiger partial charge on any atom is 0.323 e. The third-order valence-corrected chi connectivity index (χ3v) is 3.17. The van der Waals surface area contributed by atoms with Crippen LogP contribution in [0.1, 0.15) is 6.92 Å². The van der Waals surface area contributed by atoms with Crippen molar-refractivity contribution in [3.8, 4) is 5.75 Å². The van der Waals surface area contributed by atoms with Crippen LogP contribution >= 0.6 is 0 Å². The first-order valence-corrected chi connectivity index (χ1v) is 6.43. The van der Waals surface area contributed by atoms with E-state index in [9.17, 15) is 14.4 Å². The van der Waals surface area contributed by atoms with E-state index in [1.807, 2.05) is 0 Å². The van der Waals surface area contributed by atoms with Crippen molar-refractivity contribution in [1.29, 1.82) is 0 Å². The lowest BCUT2D eigenvalue weighted by Gasteiger charge is -2.33. The molecular weight excluding hydrogens is 276 g/mol. The Kier molecular flexibility index (Phi) is 4.11. The van der Waals surface area contributed by atoms with Crippen LogP contribution in [0, 0.1) is 0 Å². The lowest BCUT2D eigenvalue weighted by Crippen LogP contribution is -2.49. The van der Waals surface area contributed by atoms with E-state index in [1.54, 1.807) is 31.2 Å². The van der Waals surface area contributed by atoms with Crippen LogP contribution in [-0.4, -0.2) is 54.0 Å². The highest BCUT2D eigenvalue weighted by atomic mass is 16.5. The highest BCUT2D eigenvalue weighted by Gasteiger charge is 2.33. The minimum atomic E-state index is -1.10. The largest absolute Gasteiger partial charge is 0.480 e. The van der Waals surface area contributed by atoms with Gasteiger partial charge in [0.25, 0.3) is 5.91 Å². The Balaban J connectivity index is 2.20. The summed E-state index contributed by atoms with van der Waals surface area (Å²) in [5.41, 5.74) is 0.512. The Morgan fingerprint density at radius 2 is 2.05 bits per heavy atom. The molecule has 21 heavy (non-hydrogen) atoms. The van der Waals surface area contributed by atoms with Crippen LogP contribution in [0.4, 0.5) is 5.69 Å². The fourth-order valence-electron chi connectivity index (χ4n) is 2.07. The van der Waals surface area contributed by atoms with E-state index < -0.39 is 24.5 Å². The van der Waals surface area contributed by atoms with Gasteiger partial charge in [0.1, 0.15) is 18.8 Å². The number of para-hydroxylation sites is 2. The van der Waals surface area contributed by atoms with Crippen LogP contribution in [0.15, 0.2) is 24.3 Å². The van der Waals surface area contributed by atoms with Gasteiger partial charge in [0.05, 0.1) is 5.69 Å². The Morgan fingerprint density at radius 3 is 2.71 bits per heavy atom. The molecule has 1 N–H and O–H groups in total. The quantitative estimate of drug-likeness (QED) is 0.865. The lowest BCUT2D eigenvalue weighted by atomic mass is 10.2. The van der Waals surface area contributed by atoms with Crippen LogP contribution < -0.4 is 9.64 Å². The number of rotatable bonds is 4. The highest BCUT2D eigenvalue weighted by Crippen LogP contribution is 2.33. The molecule has 0 fully saturated rings. The zero-order valence-electron chi connectivity index (χ0n) is 11.8. The first-order chi connectivity index (χ1) is 9.90. The summed E-state index contributed by atoms with van der Waals surface area (Å²) >= 11 is 0. The number of amides is 2. The zero-order valence-corrected chi connectivity index (χ0v) is 11.8. The number of carbonyl (C=O) groups is 3. The number of fused-ring (bicyclic) bond motifs is 1. The van der Waals surface area contributed by atoms with Gasteiger partial charge in [0.2, 0.25) is 5.91 Å². The van der Waals surface area contributed by atoms with Crippen molar-refractivity contribution in [2.24, 2.45) is 0 Å². The number of likely N-dealkylation sites (N-methyl/N-ethyl adjacent to an activating group) is 1. The third-order valence-electron chi connectivity index (χ3n) is 3.17. The van der Waals surface area contributed by atoms with Gasteiger partial charge in [-0.05, 0) is 19.1 Å². The van der Waals surface area contributed by atoms with E-state index in [0.717, 1.165) is 4.90 Å². The number of ether oxygens (including phenoxy) is 1. The van der Waals surface area contributed by atoms with Gasteiger partial charge in [-0.25, -0.2) is 0 Å². The van der Waals surface area contributed by atoms with Crippen molar-refractivity contribution < 1.29 is 24.2 Å². The molecule has 2 rings (SSSR count). The maximum absolute atomic E-state index is 12.2. The number of anilines is 1. The van der Waals surface area contributed by atoms with Gasteiger partial charge in [-0.1, -0.05) is 12.1 Å². The van der Waals surface area contributed by atoms with Gasteiger partial charge in [-0.2, -0.15) is 0 Å². The van der Waals surface area contributed by atoms with E-state index in [4.69, 9.17) is 9.84 Å².